The first-order valence-electron chi connectivity index (χ1n) is 7.23. The summed E-state index contributed by atoms with van der Waals surface area (Å²) in [6, 6.07) is 17.2. The largest absolute Gasteiger partial charge is 0.326 e. The highest BCUT2D eigenvalue weighted by atomic mass is 32.2. The number of hydrogen-bond donors (Lipinski definition) is 1. The van der Waals surface area contributed by atoms with E-state index in [4.69, 9.17) is 5.73 Å². The van der Waals surface area contributed by atoms with Crippen LogP contribution >= 0.6 is 11.8 Å². The molecule has 2 aromatic rings. The number of benzene rings is 2. The summed E-state index contributed by atoms with van der Waals surface area (Å²) in [7, 11) is 0. The number of thioether (sulfide) groups is 1. The molecule has 2 N–H and O–H groups in total. The Hall–Kier alpha value is -1.25. The molecule has 1 nitrogen and oxygen atoms in total. The smallest absolute Gasteiger partial charge is 0.0187 e. The molecule has 0 aliphatic heterocycles. The Kier molecular flexibility index (Phi) is 5.69. The van der Waals surface area contributed by atoms with Crippen LogP contribution in [0.4, 0.5) is 0 Å². The van der Waals surface area contributed by atoms with Crippen LogP contribution in [-0.4, -0.2) is 5.25 Å². The molecule has 0 aliphatic rings. The third-order valence-corrected chi connectivity index (χ3v) is 5.01. The normalized spacial score (nSPS) is 12.3. The fourth-order valence-electron chi connectivity index (χ4n) is 2.12. The molecule has 2 heteroatoms. The predicted octanol–water partition coefficient (Wildman–Crippen LogP) is 4.84. The fraction of sp³-hybridized carbons (Fsp3) is 0.333. The van der Waals surface area contributed by atoms with Crippen LogP contribution in [0.3, 0.4) is 0 Å². The van der Waals surface area contributed by atoms with E-state index in [-0.39, 0.29) is 0 Å². The summed E-state index contributed by atoms with van der Waals surface area (Å²) in [5, 5.41) is 0.729. The molecule has 2 rings (SSSR count). The van der Waals surface area contributed by atoms with Crippen molar-refractivity contribution in [3.05, 3.63) is 59.7 Å². The van der Waals surface area contributed by atoms with E-state index in [2.05, 4.69) is 56.3 Å². The van der Waals surface area contributed by atoms with Gasteiger partial charge in [0.2, 0.25) is 0 Å². The molecule has 0 bridgehead atoms. The van der Waals surface area contributed by atoms with Gasteiger partial charge in [0.15, 0.2) is 0 Å². The maximum absolute atomic E-state index is 5.81. The summed E-state index contributed by atoms with van der Waals surface area (Å²) in [6.45, 7) is 5.11. The average Bonchev–Trinajstić information content (AvgIpc) is 2.53. The minimum Gasteiger partial charge on any atom is -0.326 e. The zero-order valence-electron chi connectivity index (χ0n) is 12.3. The molecule has 0 saturated carbocycles. The molecule has 1 atom stereocenters. The summed E-state index contributed by atoms with van der Waals surface area (Å²) in [5.74, 6) is 1.09. The average molecular weight is 285 g/mol. The molecular weight excluding hydrogens is 262 g/mol. The molecule has 0 aromatic heterocycles. The van der Waals surface area contributed by atoms with Crippen molar-refractivity contribution in [2.24, 2.45) is 5.73 Å². The zero-order chi connectivity index (χ0) is 14.4. The van der Waals surface area contributed by atoms with Crippen LogP contribution in [-0.2, 0) is 12.3 Å². The van der Waals surface area contributed by atoms with E-state index in [9.17, 15) is 0 Å². The van der Waals surface area contributed by atoms with Gasteiger partial charge < -0.3 is 5.73 Å². The van der Waals surface area contributed by atoms with E-state index in [0.717, 1.165) is 11.0 Å². The number of nitrogens with two attached hydrogens (primary N) is 1. The zero-order valence-corrected chi connectivity index (χ0v) is 13.1. The highest BCUT2D eigenvalue weighted by Crippen LogP contribution is 2.25. The first-order valence-corrected chi connectivity index (χ1v) is 8.28. The maximum atomic E-state index is 5.81. The Morgan fingerprint density at radius 3 is 2.40 bits per heavy atom. The van der Waals surface area contributed by atoms with Crippen LogP contribution in [0.1, 0.15) is 31.4 Å². The van der Waals surface area contributed by atoms with Gasteiger partial charge in [-0.05, 0) is 28.7 Å². The lowest BCUT2D eigenvalue weighted by Crippen LogP contribution is -1.98. The Labute approximate surface area is 126 Å². The van der Waals surface area contributed by atoms with Crippen molar-refractivity contribution in [3.8, 4) is 11.1 Å². The molecule has 0 aliphatic carbocycles. The van der Waals surface area contributed by atoms with Crippen molar-refractivity contribution < 1.29 is 0 Å². The minimum atomic E-state index is 0.585. The summed E-state index contributed by atoms with van der Waals surface area (Å²) in [5.41, 5.74) is 10.9. The highest BCUT2D eigenvalue weighted by molar-refractivity contribution is 7.99. The second kappa shape index (κ2) is 7.51. The van der Waals surface area contributed by atoms with Gasteiger partial charge in [-0.15, -0.1) is 0 Å². The van der Waals surface area contributed by atoms with Crippen LogP contribution in [0.25, 0.3) is 11.1 Å². The molecular formula is C18H23NS. The summed E-state index contributed by atoms with van der Waals surface area (Å²) < 4.78 is 0. The Morgan fingerprint density at radius 1 is 1.05 bits per heavy atom. The van der Waals surface area contributed by atoms with Crippen LogP contribution in [0.2, 0.25) is 0 Å². The third kappa shape index (κ3) is 3.87. The van der Waals surface area contributed by atoms with Crippen LogP contribution in [0, 0.1) is 0 Å². The van der Waals surface area contributed by atoms with Crippen molar-refractivity contribution in [2.75, 3.05) is 0 Å². The molecule has 106 valence electrons. The van der Waals surface area contributed by atoms with Crippen molar-refractivity contribution >= 4 is 11.8 Å². The van der Waals surface area contributed by atoms with Gasteiger partial charge in [-0.3, -0.25) is 0 Å². The topological polar surface area (TPSA) is 26.0 Å². The lowest BCUT2D eigenvalue weighted by atomic mass is 9.99. The van der Waals surface area contributed by atoms with Gasteiger partial charge in [-0.2, -0.15) is 11.8 Å². The van der Waals surface area contributed by atoms with E-state index in [1.54, 1.807) is 0 Å². The first-order chi connectivity index (χ1) is 9.74. The van der Waals surface area contributed by atoms with Gasteiger partial charge >= 0.3 is 0 Å². The Morgan fingerprint density at radius 2 is 1.75 bits per heavy atom. The standard InChI is InChI=1S/C18H23NS/c1-3-14(2)20-13-15-8-10-16(11-9-15)18-7-5-4-6-17(18)12-19/h4-11,14H,3,12-13,19H2,1-2H3. The van der Waals surface area contributed by atoms with E-state index < -0.39 is 0 Å². The summed E-state index contributed by atoms with van der Waals surface area (Å²) in [6.07, 6.45) is 1.23. The maximum Gasteiger partial charge on any atom is 0.0187 e. The van der Waals surface area contributed by atoms with Gasteiger partial charge in [0.1, 0.15) is 0 Å². The lowest BCUT2D eigenvalue weighted by Gasteiger charge is -2.10. The van der Waals surface area contributed by atoms with Crippen molar-refractivity contribution in [2.45, 2.75) is 37.8 Å². The van der Waals surface area contributed by atoms with Crippen LogP contribution in [0.15, 0.2) is 48.5 Å². The van der Waals surface area contributed by atoms with Gasteiger partial charge in [0, 0.05) is 17.5 Å². The molecule has 1 unspecified atom stereocenters. The van der Waals surface area contributed by atoms with Crippen molar-refractivity contribution in [3.63, 3.8) is 0 Å². The molecule has 0 amide bonds. The highest BCUT2D eigenvalue weighted by Gasteiger charge is 2.04. The fourth-order valence-corrected chi connectivity index (χ4v) is 3.02. The van der Waals surface area contributed by atoms with Crippen molar-refractivity contribution in [1.82, 2.24) is 0 Å². The van der Waals surface area contributed by atoms with E-state index in [1.165, 1.54) is 28.7 Å². The monoisotopic (exact) mass is 285 g/mol. The van der Waals surface area contributed by atoms with E-state index in [1.807, 2.05) is 17.8 Å². The van der Waals surface area contributed by atoms with Crippen LogP contribution < -0.4 is 5.73 Å². The molecule has 0 heterocycles. The second-order valence-corrected chi connectivity index (χ2v) is 6.51. The Balaban J connectivity index is 2.11. The quantitative estimate of drug-likeness (QED) is 0.821. The summed E-state index contributed by atoms with van der Waals surface area (Å²) in [4.78, 5) is 0. The molecule has 0 fully saturated rings. The van der Waals surface area contributed by atoms with Crippen LogP contribution in [0.5, 0.6) is 0 Å². The second-order valence-electron chi connectivity index (χ2n) is 5.09. The first kappa shape index (κ1) is 15.1. The molecule has 2 aromatic carbocycles. The number of hydrogen-bond acceptors (Lipinski definition) is 2. The SMILES string of the molecule is CCC(C)SCc1ccc(-c2ccccc2CN)cc1. The number of rotatable bonds is 6. The minimum absolute atomic E-state index is 0.585. The van der Waals surface area contributed by atoms with Gasteiger partial charge in [0.25, 0.3) is 0 Å². The lowest BCUT2D eigenvalue weighted by molar-refractivity contribution is 0.905. The Bertz CT molecular complexity index is 533. The summed E-state index contributed by atoms with van der Waals surface area (Å²) >= 11 is 2.02. The molecule has 0 spiro atoms. The van der Waals surface area contributed by atoms with E-state index >= 15 is 0 Å². The molecule has 0 saturated heterocycles. The molecule has 20 heavy (non-hydrogen) atoms. The third-order valence-electron chi connectivity index (χ3n) is 3.61. The van der Waals surface area contributed by atoms with Gasteiger partial charge in [0.05, 0.1) is 0 Å². The molecule has 0 radical (unpaired) electrons. The van der Waals surface area contributed by atoms with E-state index in [0.29, 0.717) is 6.54 Å². The predicted molar refractivity (Wildman–Crippen MR) is 90.8 cm³/mol. The van der Waals surface area contributed by atoms with Crippen molar-refractivity contribution in [1.29, 1.82) is 0 Å². The van der Waals surface area contributed by atoms with Gasteiger partial charge in [-0.25, -0.2) is 0 Å². The van der Waals surface area contributed by atoms with Gasteiger partial charge in [-0.1, -0.05) is 62.4 Å².